The monoisotopic (exact) mass is 713 g/mol. The summed E-state index contributed by atoms with van der Waals surface area (Å²) in [6.45, 7) is 4.62. The molecule has 4 heterocycles. The molecule has 0 radical (unpaired) electrons. The van der Waals surface area contributed by atoms with Gasteiger partial charge in [-0.25, -0.2) is 9.97 Å². The number of anilines is 1. The van der Waals surface area contributed by atoms with E-state index in [9.17, 15) is 19.2 Å². The normalized spacial score (nSPS) is 19.7. The number of imide groups is 2. The van der Waals surface area contributed by atoms with E-state index in [2.05, 4.69) is 68.9 Å². The highest BCUT2D eigenvalue weighted by Crippen LogP contribution is 2.36. The van der Waals surface area contributed by atoms with Gasteiger partial charge in [-0.05, 0) is 66.1 Å². The number of hydrogen-bond donors (Lipinski definition) is 2. The molecule has 2 aromatic heterocycles. The number of carbonyl (C=O) groups excluding carboxylic acids is 4. The zero-order valence-corrected chi connectivity index (χ0v) is 28.9. The Morgan fingerprint density at radius 3 is 2.28 bits per heavy atom. The molecular formula is C39H35N7O7. The molecule has 0 bridgehead atoms. The molecule has 268 valence electrons. The maximum absolute atomic E-state index is 13.2. The number of piperidine rings is 1. The van der Waals surface area contributed by atoms with Gasteiger partial charge < -0.3 is 19.3 Å². The van der Waals surface area contributed by atoms with Crippen LogP contribution >= 0.6 is 0 Å². The van der Waals surface area contributed by atoms with E-state index in [0.29, 0.717) is 23.0 Å². The minimum absolute atomic E-state index is 0.0347. The number of ether oxygens (including phenoxy) is 2. The van der Waals surface area contributed by atoms with Gasteiger partial charge in [-0.3, -0.25) is 29.4 Å². The summed E-state index contributed by atoms with van der Waals surface area (Å²) in [7, 11) is 0. The fourth-order valence-corrected chi connectivity index (χ4v) is 6.86. The first kappa shape index (κ1) is 33.7. The molecule has 0 spiro atoms. The van der Waals surface area contributed by atoms with Crippen LogP contribution < -0.4 is 20.1 Å². The van der Waals surface area contributed by atoms with Crippen LogP contribution in [0.3, 0.4) is 0 Å². The Labute approximate surface area is 303 Å². The third-order valence-corrected chi connectivity index (χ3v) is 10.0. The molecule has 8 rings (SSSR count). The Balaban J connectivity index is 0.823. The Morgan fingerprint density at radius 1 is 0.868 bits per heavy atom. The number of nitrogens with zero attached hydrogens (tertiary/aromatic N) is 5. The predicted octanol–water partition coefficient (Wildman–Crippen LogP) is 4.85. The number of hydrogen-bond acceptors (Lipinski definition) is 12. The van der Waals surface area contributed by atoms with Crippen LogP contribution in [0.1, 0.15) is 77.1 Å². The second kappa shape index (κ2) is 13.6. The molecule has 3 aliphatic rings. The Kier molecular flexibility index (Phi) is 8.64. The van der Waals surface area contributed by atoms with Crippen molar-refractivity contribution in [2.75, 3.05) is 5.32 Å². The molecule has 5 aromatic rings. The first-order valence-electron chi connectivity index (χ1n) is 17.3. The average Bonchev–Trinajstić information content (AvgIpc) is 3.77. The lowest BCUT2D eigenvalue weighted by molar-refractivity contribution is -0.136. The molecule has 3 aromatic carbocycles. The van der Waals surface area contributed by atoms with Gasteiger partial charge in [0.25, 0.3) is 11.8 Å². The molecule has 2 N–H and O–H groups in total. The van der Waals surface area contributed by atoms with Crippen molar-refractivity contribution in [3.05, 3.63) is 113 Å². The van der Waals surface area contributed by atoms with Crippen molar-refractivity contribution in [2.45, 2.75) is 69.7 Å². The second-order valence-electron chi connectivity index (χ2n) is 13.8. The smallest absolute Gasteiger partial charge is 0.262 e. The van der Waals surface area contributed by atoms with E-state index in [1.165, 1.54) is 6.39 Å². The lowest BCUT2D eigenvalue weighted by Crippen LogP contribution is -2.54. The summed E-state index contributed by atoms with van der Waals surface area (Å²) in [5.74, 6) is 0.128. The fraction of sp³-hybridized carbons (Fsp3) is 0.282. The highest BCUT2D eigenvalue weighted by atomic mass is 16.5. The summed E-state index contributed by atoms with van der Waals surface area (Å²) in [6.07, 6.45) is 4.64. The highest BCUT2D eigenvalue weighted by Gasteiger charge is 2.45. The fourth-order valence-electron chi connectivity index (χ4n) is 6.86. The van der Waals surface area contributed by atoms with E-state index in [1.54, 1.807) is 30.5 Å². The molecule has 2 fully saturated rings. The van der Waals surface area contributed by atoms with Crippen molar-refractivity contribution in [3.8, 4) is 23.1 Å². The number of aromatic nitrogens is 4. The van der Waals surface area contributed by atoms with Crippen molar-refractivity contribution >= 4 is 29.3 Å². The molecule has 14 nitrogen and oxygen atoms in total. The van der Waals surface area contributed by atoms with Gasteiger partial charge in [0.15, 0.2) is 0 Å². The Bertz CT molecular complexity index is 2200. The lowest BCUT2D eigenvalue weighted by atomic mass is 9.78. The topological polar surface area (TPSA) is 179 Å². The number of fused-ring (bicyclic) bond motifs is 1. The SMILES string of the molecule is CC(C)(c1ccc(OCc2ccnc(-c3ncon3)n2)cc1)c1ccc(OC2CC(Nc3ccc4c(c3)C(=O)N(C3CCC(=O)NC3=O)C4=O)C2)cc1. The summed E-state index contributed by atoms with van der Waals surface area (Å²) >= 11 is 0. The molecule has 1 saturated carbocycles. The molecule has 1 saturated heterocycles. The average molecular weight is 714 g/mol. The second-order valence-corrected chi connectivity index (χ2v) is 13.8. The van der Waals surface area contributed by atoms with Crippen LogP contribution in [0.25, 0.3) is 11.6 Å². The van der Waals surface area contributed by atoms with Crippen molar-refractivity contribution in [1.29, 1.82) is 0 Å². The molecular weight excluding hydrogens is 678 g/mol. The Morgan fingerprint density at radius 2 is 1.58 bits per heavy atom. The molecule has 1 atom stereocenters. The van der Waals surface area contributed by atoms with Gasteiger partial charge in [0.2, 0.25) is 29.9 Å². The minimum atomic E-state index is -0.990. The Hall–Kier alpha value is -6.44. The minimum Gasteiger partial charge on any atom is -0.490 e. The van der Waals surface area contributed by atoms with Crippen LogP contribution in [-0.4, -0.2) is 66.8 Å². The lowest BCUT2D eigenvalue weighted by Gasteiger charge is -2.36. The summed E-state index contributed by atoms with van der Waals surface area (Å²) in [5.41, 5.74) is 3.92. The van der Waals surface area contributed by atoms with Gasteiger partial charge in [0.1, 0.15) is 30.3 Å². The summed E-state index contributed by atoms with van der Waals surface area (Å²) in [4.78, 5) is 63.7. The number of nitrogens with one attached hydrogen (secondary N) is 2. The largest absolute Gasteiger partial charge is 0.490 e. The molecule has 14 heteroatoms. The van der Waals surface area contributed by atoms with E-state index in [-0.39, 0.29) is 48.1 Å². The van der Waals surface area contributed by atoms with E-state index >= 15 is 0 Å². The molecule has 4 amide bonds. The van der Waals surface area contributed by atoms with Gasteiger partial charge in [-0.1, -0.05) is 43.3 Å². The number of rotatable bonds is 11. The van der Waals surface area contributed by atoms with Gasteiger partial charge in [-0.2, -0.15) is 4.98 Å². The van der Waals surface area contributed by atoms with E-state index in [1.807, 2.05) is 24.3 Å². The van der Waals surface area contributed by atoms with Crippen LogP contribution in [0.15, 0.2) is 89.9 Å². The first-order valence-corrected chi connectivity index (χ1v) is 17.3. The number of amides is 4. The molecule has 1 aliphatic carbocycles. The predicted molar refractivity (Wildman–Crippen MR) is 189 cm³/mol. The van der Waals surface area contributed by atoms with Crippen molar-refractivity contribution < 1.29 is 33.2 Å². The van der Waals surface area contributed by atoms with Gasteiger partial charge in [0, 0.05) is 42.6 Å². The standard InChI is InChI=1S/C39H35N7O7/c1-39(2,22-3-8-27(9-4-22)51-20-25-15-16-40-34(43-25)35-41-21-52-45-35)23-5-10-28(11-6-23)53-29-17-26(18-29)42-24-7-12-30-31(19-24)38(50)46(37(30)49)32-13-14-33(47)44-36(32)48/h3-12,15-16,19,21,26,29,32,42H,13-14,17-18,20H2,1-2H3,(H,44,47,48). The van der Waals surface area contributed by atoms with Crippen molar-refractivity contribution in [3.63, 3.8) is 0 Å². The molecule has 53 heavy (non-hydrogen) atoms. The number of benzene rings is 3. The highest BCUT2D eigenvalue weighted by molar-refractivity contribution is 6.23. The van der Waals surface area contributed by atoms with Crippen molar-refractivity contribution in [1.82, 2.24) is 30.3 Å². The van der Waals surface area contributed by atoms with Gasteiger partial charge >= 0.3 is 0 Å². The van der Waals surface area contributed by atoms with Gasteiger partial charge in [-0.15, -0.1) is 0 Å². The molecule has 1 unspecified atom stereocenters. The van der Waals surface area contributed by atoms with Crippen LogP contribution in [-0.2, 0) is 21.6 Å². The van der Waals surface area contributed by atoms with E-state index in [0.717, 1.165) is 40.4 Å². The maximum Gasteiger partial charge on any atom is 0.262 e. The summed E-state index contributed by atoms with van der Waals surface area (Å²) in [5, 5.41) is 9.43. The van der Waals surface area contributed by atoms with E-state index < -0.39 is 29.7 Å². The molecule has 2 aliphatic heterocycles. The van der Waals surface area contributed by atoms with Crippen LogP contribution in [0.2, 0.25) is 0 Å². The van der Waals surface area contributed by atoms with Crippen LogP contribution in [0.5, 0.6) is 11.5 Å². The number of carbonyl (C=O) groups is 4. The zero-order chi connectivity index (χ0) is 36.7. The van der Waals surface area contributed by atoms with Crippen LogP contribution in [0.4, 0.5) is 5.69 Å². The van der Waals surface area contributed by atoms with Crippen LogP contribution in [0, 0.1) is 0 Å². The summed E-state index contributed by atoms with van der Waals surface area (Å²) in [6, 6.07) is 22.2. The third-order valence-electron chi connectivity index (χ3n) is 10.0. The van der Waals surface area contributed by atoms with Crippen molar-refractivity contribution in [2.24, 2.45) is 0 Å². The summed E-state index contributed by atoms with van der Waals surface area (Å²) < 4.78 is 17.0. The quantitative estimate of drug-likeness (QED) is 0.178. The van der Waals surface area contributed by atoms with E-state index in [4.69, 9.17) is 14.0 Å². The third kappa shape index (κ3) is 6.70. The maximum atomic E-state index is 13.2. The zero-order valence-electron chi connectivity index (χ0n) is 28.9. The van der Waals surface area contributed by atoms with Gasteiger partial charge in [0.05, 0.1) is 16.8 Å². The first-order chi connectivity index (χ1) is 25.6.